The maximum absolute atomic E-state index is 11.8. The molecule has 0 saturated carbocycles. The lowest BCUT2D eigenvalue weighted by Crippen LogP contribution is -2.21. The molecule has 112 valence electrons. The largest absolute Gasteiger partial charge is 0.452 e. The summed E-state index contributed by atoms with van der Waals surface area (Å²) in [6, 6.07) is 13.3. The lowest BCUT2D eigenvalue weighted by molar-refractivity contribution is -0.119. The number of benzene rings is 2. The normalized spacial score (nSPS) is 9.86. The molecule has 2 aromatic rings. The van der Waals surface area contributed by atoms with E-state index < -0.39 is 11.9 Å². The molecule has 0 aliphatic rings. The second kappa shape index (κ2) is 7.69. The van der Waals surface area contributed by atoms with E-state index in [0.717, 1.165) is 3.57 Å². The third kappa shape index (κ3) is 4.39. The smallest absolute Gasteiger partial charge is 0.338 e. The van der Waals surface area contributed by atoms with Gasteiger partial charge >= 0.3 is 5.97 Å². The maximum atomic E-state index is 11.8. The maximum Gasteiger partial charge on any atom is 0.338 e. The molecule has 0 heterocycles. The van der Waals surface area contributed by atoms with Crippen LogP contribution >= 0.6 is 22.6 Å². The molecule has 2 aromatic carbocycles. The summed E-state index contributed by atoms with van der Waals surface area (Å²) in [6.07, 6.45) is 0.685. The van der Waals surface area contributed by atoms with Crippen LogP contribution < -0.4 is 5.32 Å². The van der Waals surface area contributed by atoms with Gasteiger partial charge in [0, 0.05) is 9.13 Å². The molecule has 5 nitrogen and oxygen atoms in total. The van der Waals surface area contributed by atoms with Gasteiger partial charge in [0.25, 0.3) is 5.91 Å². The Hall–Kier alpha value is -2.22. The predicted octanol–water partition coefficient (Wildman–Crippen LogP) is 2.90. The van der Waals surface area contributed by atoms with Gasteiger partial charge in [-0.3, -0.25) is 9.59 Å². The molecule has 0 atom stereocenters. The molecule has 0 fully saturated rings. The zero-order chi connectivity index (χ0) is 15.9. The Labute approximate surface area is 140 Å². The van der Waals surface area contributed by atoms with E-state index in [4.69, 9.17) is 4.74 Å². The number of aldehydes is 1. The number of nitrogens with one attached hydrogen (secondary N) is 1. The van der Waals surface area contributed by atoms with Crippen molar-refractivity contribution in [2.45, 2.75) is 0 Å². The number of halogens is 1. The molecule has 0 bridgehead atoms. The van der Waals surface area contributed by atoms with Crippen LogP contribution in [0.3, 0.4) is 0 Å². The van der Waals surface area contributed by atoms with E-state index in [0.29, 0.717) is 17.5 Å². The fourth-order valence-corrected chi connectivity index (χ4v) is 2.18. The lowest BCUT2D eigenvalue weighted by Gasteiger charge is -2.08. The monoisotopic (exact) mass is 409 g/mol. The van der Waals surface area contributed by atoms with E-state index in [1.807, 2.05) is 12.1 Å². The second-order valence-electron chi connectivity index (χ2n) is 4.34. The highest BCUT2D eigenvalue weighted by Gasteiger charge is 2.11. The van der Waals surface area contributed by atoms with Crippen molar-refractivity contribution < 1.29 is 19.1 Å². The molecule has 0 radical (unpaired) electrons. The summed E-state index contributed by atoms with van der Waals surface area (Å²) < 4.78 is 5.83. The number of para-hydroxylation sites is 1. The number of rotatable bonds is 5. The Morgan fingerprint density at radius 1 is 1.09 bits per heavy atom. The standard InChI is InChI=1S/C16H12INO4/c17-13-3-1-2-4-14(13)18-15(20)10-22-16(21)12-7-5-11(9-19)6-8-12/h1-9H,10H2,(H,18,20). The summed E-state index contributed by atoms with van der Waals surface area (Å²) in [7, 11) is 0. The minimum atomic E-state index is -0.615. The Bertz CT molecular complexity index is 698. The quantitative estimate of drug-likeness (QED) is 0.469. The van der Waals surface area contributed by atoms with Crippen molar-refractivity contribution in [1.29, 1.82) is 0 Å². The van der Waals surface area contributed by atoms with Crippen molar-refractivity contribution in [3.63, 3.8) is 0 Å². The van der Waals surface area contributed by atoms with Gasteiger partial charge < -0.3 is 10.1 Å². The number of ether oxygens (including phenoxy) is 1. The average molecular weight is 409 g/mol. The minimum Gasteiger partial charge on any atom is -0.452 e. The van der Waals surface area contributed by atoms with Gasteiger partial charge in [-0.15, -0.1) is 0 Å². The summed E-state index contributed by atoms with van der Waals surface area (Å²) in [6.45, 7) is -0.376. The van der Waals surface area contributed by atoms with E-state index in [-0.39, 0.29) is 12.2 Å². The number of esters is 1. The Morgan fingerprint density at radius 3 is 2.41 bits per heavy atom. The summed E-state index contributed by atoms with van der Waals surface area (Å²) in [5.74, 6) is -1.03. The van der Waals surface area contributed by atoms with Crippen LogP contribution in [0, 0.1) is 3.57 Å². The zero-order valence-electron chi connectivity index (χ0n) is 11.4. The van der Waals surface area contributed by atoms with E-state index >= 15 is 0 Å². The van der Waals surface area contributed by atoms with Crippen molar-refractivity contribution in [3.05, 3.63) is 63.2 Å². The molecule has 2 rings (SSSR count). The molecule has 0 aliphatic heterocycles. The summed E-state index contributed by atoms with van der Waals surface area (Å²) in [5, 5.41) is 2.67. The number of hydrogen-bond acceptors (Lipinski definition) is 4. The van der Waals surface area contributed by atoms with Crippen molar-refractivity contribution >= 4 is 46.4 Å². The van der Waals surface area contributed by atoms with Gasteiger partial charge in [0.15, 0.2) is 6.61 Å². The van der Waals surface area contributed by atoms with Crippen molar-refractivity contribution in [3.8, 4) is 0 Å². The highest BCUT2D eigenvalue weighted by atomic mass is 127. The van der Waals surface area contributed by atoms with E-state index in [2.05, 4.69) is 27.9 Å². The van der Waals surface area contributed by atoms with Crippen LogP contribution in [0.1, 0.15) is 20.7 Å². The Kier molecular flexibility index (Phi) is 5.65. The second-order valence-corrected chi connectivity index (χ2v) is 5.51. The molecule has 0 saturated heterocycles. The van der Waals surface area contributed by atoms with E-state index in [1.54, 1.807) is 12.1 Å². The number of carbonyl (C=O) groups is 3. The van der Waals surface area contributed by atoms with E-state index in [1.165, 1.54) is 24.3 Å². The molecule has 6 heteroatoms. The molecule has 0 aromatic heterocycles. The first-order valence-electron chi connectivity index (χ1n) is 6.37. The number of hydrogen-bond donors (Lipinski definition) is 1. The van der Waals surface area contributed by atoms with Crippen molar-refractivity contribution in [2.75, 3.05) is 11.9 Å². The molecular weight excluding hydrogens is 397 g/mol. The van der Waals surface area contributed by atoms with Crippen LogP contribution in [0.5, 0.6) is 0 Å². The van der Waals surface area contributed by atoms with Gasteiger partial charge in [0.1, 0.15) is 6.29 Å². The molecule has 1 amide bonds. The van der Waals surface area contributed by atoms with Crippen LogP contribution in [0.4, 0.5) is 5.69 Å². The summed E-state index contributed by atoms with van der Waals surface area (Å²) >= 11 is 2.10. The van der Waals surface area contributed by atoms with Crippen molar-refractivity contribution in [1.82, 2.24) is 0 Å². The highest BCUT2D eigenvalue weighted by molar-refractivity contribution is 14.1. The average Bonchev–Trinajstić information content (AvgIpc) is 2.55. The van der Waals surface area contributed by atoms with Gasteiger partial charge in [-0.1, -0.05) is 24.3 Å². The molecule has 1 N–H and O–H groups in total. The molecule has 0 aliphatic carbocycles. The first-order chi connectivity index (χ1) is 10.6. The van der Waals surface area contributed by atoms with Gasteiger partial charge in [0.2, 0.25) is 0 Å². The third-order valence-corrected chi connectivity index (χ3v) is 3.71. The summed E-state index contributed by atoms with van der Waals surface area (Å²) in [5.41, 5.74) is 1.42. The Morgan fingerprint density at radius 2 is 1.77 bits per heavy atom. The van der Waals surface area contributed by atoms with Crippen molar-refractivity contribution in [2.24, 2.45) is 0 Å². The van der Waals surface area contributed by atoms with Crippen LogP contribution in [0.15, 0.2) is 48.5 Å². The fourth-order valence-electron chi connectivity index (χ4n) is 1.66. The summed E-state index contributed by atoms with van der Waals surface area (Å²) in [4.78, 5) is 34.1. The first kappa shape index (κ1) is 16.2. The van der Waals surface area contributed by atoms with Crippen LogP contribution in [0.25, 0.3) is 0 Å². The molecular formula is C16H12INO4. The number of carbonyl (C=O) groups excluding carboxylic acids is 3. The Balaban J connectivity index is 1.89. The molecule has 22 heavy (non-hydrogen) atoms. The zero-order valence-corrected chi connectivity index (χ0v) is 13.6. The SMILES string of the molecule is O=Cc1ccc(C(=O)OCC(=O)Nc2ccccc2I)cc1. The number of anilines is 1. The molecule has 0 unspecified atom stereocenters. The lowest BCUT2D eigenvalue weighted by atomic mass is 10.1. The van der Waals surface area contributed by atoms with Gasteiger partial charge in [-0.05, 0) is 46.9 Å². The van der Waals surface area contributed by atoms with Gasteiger partial charge in [-0.2, -0.15) is 0 Å². The first-order valence-corrected chi connectivity index (χ1v) is 7.45. The molecule has 0 spiro atoms. The van der Waals surface area contributed by atoms with Gasteiger partial charge in [0.05, 0.1) is 11.3 Å². The van der Waals surface area contributed by atoms with Crippen LogP contribution in [-0.4, -0.2) is 24.8 Å². The predicted molar refractivity (Wildman–Crippen MR) is 89.9 cm³/mol. The highest BCUT2D eigenvalue weighted by Crippen LogP contribution is 2.16. The van der Waals surface area contributed by atoms with E-state index in [9.17, 15) is 14.4 Å². The topological polar surface area (TPSA) is 72.5 Å². The number of amides is 1. The van der Waals surface area contributed by atoms with Gasteiger partial charge in [-0.25, -0.2) is 4.79 Å². The minimum absolute atomic E-state index is 0.285. The third-order valence-electron chi connectivity index (χ3n) is 2.76. The van der Waals surface area contributed by atoms with Crippen LogP contribution in [-0.2, 0) is 9.53 Å². The van der Waals surface area contributed by atoms with Crippen LogP contribution in [0.2, 0.25) is 0 Å². The fraction of sp³-hybridized carbons (Fsp3) is 0.0625.